The molecule has 1 heterocycles. The van der Waals surface area contributed by atoms with Gasteiger partial charge in [-0.05, 0) is 60.9 Å². The van der Waals surface area contributed by atoms with Crippen molar-refractivity contribution >= 4 is 5.71 Å². The number of aliphatic imine (C=N–C) groups is 1. The summed E-state index contributed by atoms with van der Waals surface area (Å²) in [5, 5.41) is 0. The van der Waals surface area contributed by atoms with Crippen LogP contribution in [0.2, 0.25) is 0 Å². The minimum atomic E-state index is -4.30. The van der Waals surface area contributed by atoms with Crippen LogP contribution in [-0.4, -0.2) is 31.6 Å². The fraction of sp³-hybridized carbons (Fsp3) is 0.458. The number of ether oxygens (including phenoxy) is 2. The van der Waals surface area contributed by atoms with Gasteiger partial charge in [0.05, 0.1) is 31.9 Å². The fourth-order valence-electron chi connectivity index (χ4n) is 5.18. The molecule has 1 saturated carbocycles. The number of halogens is 3. The van der Waals surface area contributed by atoms with E-state index in [-0.39, 0.29) is 0 Å². The van der Waals surface area contributed by atoms with Gasteiger partial charge in [-0.3, -0.25) is 4.99 Å². The molecule has 1 fully saturated rings. The van der Waals surface area contributed by atoms with Crippen LogP contribution in [0.25, 0.3) is 0 Å². The van der Waals surface area contributed by atoms with E-state index in [1.165, 1.54) is 0 Å². The molecule has 30 heavy (non-hydrogen) atoms. The Hall–Kier alpha value is -2.50. The second kappa shape index (κ2) is 7.33. The highest BCUT2D eigenvalue weighted by atomic mass is 19.4. The van der Waals surface area contributed by atoms with Crippen LogP contribution in [0.5, 0.6) is 11.5 Å². The van der Waals surface area contributed by atoms with E-state index < -0.39 is 23.6 Å². The quantitative estimate of drug-likeness (QED) is 0.604. The van der Waals surface area contributed by atoms with Crippen molar-refractivity contribution in [2.45, 2.75) is 56.2 Å². The lowest BCUT2D eigenvalue weighted by atomic mass is 9.55. The molecule has 2 aromatic rings. The molecule has 1 aliphatic heterocycles. The first kappa shape index (κ1) is 20.8. The minimum absolute atomic E-state index is 0.416. The number of benzene rings is 2. The molecule has 0 aromatic heterocycles. The van der Waals surface area contributed by atoms with Crippen LogP contribution in [0.1, 0.15) is 55.7 Å². The lowest BCUT2D eigenvalue weighted by Gasteiger charge is -2.53. The molecule has 2 aliphatic rings. The maximum Gasteiger partial charge on any atom is 0.391 e. The second-order valence-electron chi connectivity index (χ2n) is 8.46. The van der Waals surface area contributed by atoms with Crippen molar-refractivity contribution in [3.63, 3.8) is 0 Å². The molecule has 2 aromatic carbocycles. The van der Waals surface area contributed by atoms with Crippen molar-refractivity contribution < 1.29 is 22.6 Å². The largest absolute Gasteiger partial charge is 0.497 e. The van der Waals surface area contributed by atoms with E-state index in [2.05, 4.69) is 0 Å². The van der Waals surface area contributed by atoms with Crippen LogP contribution < -0.4 is 9.47 Å². The lowest BCUT2D eigenvalue weighted by Crippen LogP contribution is -2.56. The van der Waals surface area contributed by atoms with Gasteiger partial charge in [0.25, 0.3) is 0 Å². The predicted octanol–water partition coefficient (Wildman–Crippen LogP) is 6.08. The van der Waals surface area contributed by atoms with E-state index in [1.807, 2.05) is 49.4 Å². The van der Waals surface area contributed by atoms with E-state index in [0.717, 1.165) is 29.5 Å². The van der Waals surface area contributed by atoms with Crippen LogP contribution in [0.15, 0.2) is 47.5 Å². The number of alkyl halides is 3. The number of rotatable bonds is 4. The Morgan fingerprint density at radius 1 is 0.933 bits per heavy atom. The fourth-order valence-corrected chi connectivity index (χ4v) is 5.18. The normalized spacial score (nSPS) is 25.7. The van der Waals surface area contributed by atoms with Crippen LogP contribution in [0.4, 0.5) is 13.2 Å². The van der Waals surface area contributed by atoms with Crippen molar-refractivity contribution in [2.24, 2.45) is 4.99 Å². The van der Waals surface area contributed by atoms with Gasteiger partial charge in [0.2, 0.25) is 0 Å². The highest BCUT2D eigenvalue weighted by molar-refractivity contribution is 6.15. The average molecular weight is 417 g/mol. The molecule has 0 N–H and O–H groups in total. The summed E-state index contributed by atoms with van der Waals surface area (Å²) in [5.41, 5.74) is 1.24. The van der Waals surface area contributed by atoms with Gasteiger partial charge < -0.3 is 9.47 Å². The zero-order valence-electron chi connectivity index (χ0n) is 17.5. The Kier molecular flexibility index (Phi) is 5.07. The Balaban J connectivity index is 1.97. The van der Waals surface area contributed by atoms with E-state index in [9.17, 15) is 13.2 Å². The van der Waals surface area contributed by atoms with Gasteiger partial charge in [-0.1, -0.05) is 19.8 Å². The average Bonchev–Trinajstić information content (AvgIpc) is 2.72. The van der Waals surface area contributed by atoms with E-state index in [4.69, 9.17) is 14.5 Å². The summed E-state index contributed by atoms with van der Waals surface area (Å²) in [6.07, 6.45) is -2.51. The lowest BCUT2D eigenvalue weighted by molar-refractivity contribution is -0.156. The van der Waals surface area contributed by atoms with Gasteiger partial charge in [0.15, 0.2) is 0 Å². The third-order valence-corrected chi connectivity index (χ3v) is 6.80. The standard InChI is InChI=1S/C24H26F3NO2/c1-22-12-4-5-13-23(22,15-24(25,26)27)28-21(16-6-8-17(29-2)9-7-16)19-11-10-18(30-3)14-20(19)22/h6-11,14H,4-5,12-13,15H2,1-3H3/t22-,23+/m0/s1. The topological polar surface area (TPSA) is 30.8 Å². The van der Waals surface area contributed by atoms with Gasteiger partial charge in [-0.15, -0.1) is 0 Å². The molecular weight excluding hydrogens is 391 g/mol. The van der Waals surface area contributed by atoms with Gasteiger partial charge in [-0.25, -0.2) is 0 Å². The molecular formula is C24H26F3NO2. The van der Waals surface area contributed by atoms with Gasteiger partial charge in [-0.2, -0.15) is 13.2 Å². The highest BCUT2D eigenvalue weighted by Crippen LogP contribution is 2.56. The molecule has 160 valence electrons. The van der Waals surface area contributed by atoms with E-state index >= 15 is 0 Å². The predicted molar refractivity (Wildman–Crippen MR) is 111 cm³/mol. The van der Waals surface area contributed by atoms with Crippen LogP contribution in [0, 0.1) is 0 Å². The van der Waals surface area contributed by atoms with Gasteiger partial charge in [0, 0.05) is 16.5 Å². The van der Waals surface area contributed by atoms with E-state index in [0.29, 0.717) is 30.1 Å². The monoisotopic (exact) mass is 417 g/mol. The second-order valence-corrected chi connectivity index (χ2v) is 8.46. The Bertz CT molecular complexity index is 967. The summed E-state index contributed by atoms with van der Waals surface area (Å²) in [4.78, 5) is 4.93. The summed E-state index contributed by atoms with van der Waals surface area (Å²) in [5.74, 6) is 1.34. The first-order valence-corrected chi connectivity index (χ1v) is 10.2. The van der Waals surface area contributed by atoms with Crippen molar-refractivity contribution in [2.75, 3.05) is 14.2 Å². The van der Waals surface area contributed by atoms with Gasteiger partial charge >= 0.3 is 6.18 Å². The number of nitrogens with zero attached hydrogens (tertiary/aromatic N) is 1. The zero-order valence-corrected chi connectivity index (χ0v) is 17.5. The first-order valence-electron chi connectivity index (χ1n) is 10.2. The van der Waals surface area contributed by atoms with Gasteiger partial charge in [0.1, 0.15) is 11.5 Å². The van der Waals surface area contributed by atoms with Crippen molar-refractivity contribution in [3.8, 4) is 11.5 Å². The number of methoxy groups -OCH3 is 2. The zero-order chi connectivity index (χ0) is 21.6. The molecule has 3 nitrogen and oxygen atoms in total. The summed E-state index contributed by atoms with van der Waals surface area (Å²) >= 11 is 0. The Labute approximate surface area is 174 Å². The van der Waals surface area contributed by atoms with Crippen LogP contribution in [-0.2, 0) is 5.41 Å². The molecule has 0 amide bonds. The molecule has 2 atom stereocenters. The summed E-state index contributed by atoms with van der Waals surface area (Å²) in [6, 6.07) is 13.0. The van der Waals surface area contributed by atoms with Crippen molar-refractivity contribution in [3.05, 3.63) is 59.2 Å². The molecule has 0 unspecified atom stereocenters. The smallest absolute Gasteiger partial charge is 0.391 e. The third-order valence-electron chi connectivity index (χ3n) is 6.80. The minimum Gasteiger partial charge on any atom is -0.497 e. The first-order chi connectivity index (χ1) is 14.2. The summed E-state index contributed by atoms with van der Waals surface area (Å²) in [7, 11) is 3.16. The Morgan fingerprint density at radius 2 is 1.57 bits per heavy atom. The number of hydrogen-bond donors (Lipinski definition) is 0. The van der Waals surface area contributed by atoms with Crippen LogP contribution >= 0.6 is 0 Å². The van der Waals surface area contributed by atoms with Crippen molar-refractivity contribution in [1.29, 1.82) is 0 Å². The maximum atomic E-state index is 13.8. The Morgan fingerprint density at radius 3 is 2.20 bits per heavy atom. The third kappa shape index (κ3) is 3.36. The molecule has 0 saturated heterocycles. The molecule has 6 heteroatoms. The maximum absolute atomic E-state index is 13.8. The van der Waals surface area contributed by atoms with Crippen molar-refractivity contribution in [1.82, 2.24) is 0 Å². The molecule has 0 radical (unpaired) electrons. The van der Waals surface area contributed by atoms with Crippen LogP contribution in [0.3, 0.4) is 0 Å². The van der Waals surface area contributed by atoms with E-state index in [1.54, 1.807) is 14.2 Å². The number of hydrogen-bond acceptors (Lipinski definition) is 3. The molecule has 1 aliphatic carbocycles. The molecule has 0 spiro atoms. The summed E-state index contributed by atoms with van der Waals surface area (Å²) < 4.78 is 52.1. The molecule has 0 bridgehead atoms. The SMILES string of the molecule is COc1ccc(C2=N[C@@]3(CC(F)(F)F)CCCC[C@@]3(C)c3cc(OC)ccc32)cc1. The number of fused-ring (bicyclic) bond motifs is 3. The highest BCUT2D eigenvalue weighted by Gasteiger charge is 2.58. The summed E-state index contributed by atoms with van der Waals surface area (Å²) in [6.45, 7) is 1.95. The molecule has 4 rings (SSSR count).